The summed E-state index contributed by atoms with van der Waals surface area (Å²) in [5.74, 6) is -0.0397. The first-order valence-corrected chi connectivity index (χ1v) is 8.00. The van der Waals surface area contributed by atoms with Gasteiger partial charge in [-0.15, -0.1) is 11.8 Å². The van der Waals surface area contributed by atoms with Crippen molar-refractivity contribution in [3.63, 3.8) is 0 Å². The molecule has 0 saturated heterocycles. The van der Waals surface area contributed by atoms with Crippen molar-refractivity contribution >= 4 is 29.5 Å². The minimum atomic E-state index is -0.886. The van der Waals surface area contributed by atoms with Crippen LogP contribution in [0.25, 0.3) is 0 Å². The Morgan fingerprint density at radius 3 is 2.65 bits per heavy atom. The van der Waals surface area contributed by atoms with Gasteiger partial charge in [-0.25, -0.2) is 4.79 Å². The van der Waals surface area contributed by atoms with Crippen LogP contribution in [-0.2, 0) is 7.05 Å². The first-order chi connectivity index (χ1) is 9.52. The Bertz CT molecular complexity index is 638. The van der Waals surface area contributed by atoms with E-state index in [0.29, 0.717) is 5.56 Å². The van der Waals surface area contributed by atoms with E-state index in [1.54, 1.807) is 16.4 Å². The summed E-state index contributed by atoms with van der Waals surface area (Å²) in [6, 6.07) is 7.55. The van der Waals surface area contributed by atoms with Crippen LogP contribution in [0.1, 0.15) is 23.0 Å². The molecule has 4 nitrogen and oxygen atoms in total. The van der Waals surface area contributed by atoms with E-state index in [9.17, 15) is 9.90 Å². The van der Waals surface area contributed by atoms with Crippen LogP contribution in [0.4, 0.5) is 0 Å². The molecule has 0 aliphatic heterocycles. The molecule has 20 heavy (non-hydrogen) atoms. The molecule has 0 unspecified atom stereocenters. The Balaban J connectivity index is 2.43. The van der Waals surface area contributed by atoms with E-state index in [0.717, 1.165) is 26.3 Å². The lowest BCUT2D eigenvalue weighted by molar-refractivity contribution is 0.0689. The summed E-state index contributed by atoms with van der Waals surface area (Å²) in [4.78, 5) is 13.1. The van der Waals surface area contributed by atoms with Crippen molar-refractivity contribution in [2.45, 2.75) is 28.7 Å². The third-order valence-corrected chi connectivity index (χ3v) is 4.77. The summed E-state index contributed by atoms with van der Waals surface area (Å²) in [6.07, 6.45) is 0. The van der Waals surface area contributed by atoms with E-state index < -0.39 is 5.97 Å². The molecule has 2 aromatic rings. The van der Waals surface area contributed by atoms with Crippen molar-refractivity contribution in [3.8, 4) is 0 Å². The summed E-state index contributed by atoms with van der Waals surface area (Å²) in [5, 5.41) is 14.7. The number of thioether (sulfide) groups is 1. The molecule has 0 atom stereocenters. The summed E-state index contributed by atoms with van der Waals surface area (Å²) in [7, 11) is 1.86. The molecule has 0 aliphatic carbocycles. The van der Waals surface area contributed by atoms with Gasteiger partial charge in [0.1, 0.15) is 0 Å². The Morgan fingerprint density at radius 1 is 1.40 bits per heavy atom. The zero-order chi connectivity index (χ0) is 14.7. The second-order valence-electron chi connectivity index (χ2n) is 4.22. The van der Waals surface area contributed by atoms with Gasteiger partial charge in [-0.2, -0.15) is 5.10 Å². The van der Waals surface area contributed by atoms with E-state index in [1.165, 1.54) is 11.8 Å². The Hall–Kier alpha value is -1.40. The highest BCUT2D eigenvalue weighted by Crippen LogP contribution is 2.35. The van der Waals surface area contributed by atoms with Crippen LogP contribution in [0.3, 0.4) is 0 Å². The predicted octanol–water partition coefficient (Wildman–Crippen LogP) is 3.69. The number of carboxylic acids is 1. The van der Waals surface area contributed by atoms with Crippen LogP contribution in [-0.4, -0.2) is 26.6 Å². The molecule has 0 spiro atoms. The largest absolute Gasteiger partial charge is 0.478 e. The average molecular weight is 308 g/mol. The number of hydrogen-bond acceptors (Lipinski definition) is 4. The van der Waals surface area contributed by atoms with Gasteiger partial charge >= 0.3 is 5.97 Å². The zero-order valence-electron chi connectivity index (χ0n) is 11.6. The first-order valence-electron chi connectivity index (χ1n) is 6.20. The third kappa shape index (κ3) is 3.19. The second kappa shape index (κ2) is 6.37. The quantitative estimate of drug-likeness (QED) is 0.854. The average Bonchev–Trinajstić information content (AvgIpc) is 2.68. The maximum Gasteiger partial charge on any atom is 0.337 e. The lowest BCUT2D eigenvalue weighted by atomic mass is 10.2. The van der Waals surface area contributed by atoms with Crippen molar-refractivity contribution in [3.05, 3.63) is 35.5 Å². The number of rotatable bonds is 5. The molecule has 106 valence electrons. The lowest BCUT2D eigenvalue weighted by Gasteiger charge is -2.10. The van der Waals surface area contributed by atoms with Gasteiger partial charge in [0.25, 0.3) is 0 Å². The van der Waals surface area contributed by atoms with Crippen molar-refractivity contribution in [1.82, 2.24) is 9.78 Å². The fourth-order valence-electron chi connectivity index (χ4n) is 1.88. The SMILES string of the molecule is CCSc1cccc(Sc2cc(C)nn2C)c1C(=O)O. The van der Waals surface area contributed by atoms with E-state index >= 15 is 0 Å². The molecule has 1 aromatic heterocycles. The maximum absolute atomic E-state index is 11.5. The zero-order valence-corrected chi connectivity index (χ0v) is 13.2. The van der Waals surface area contributed by atoms with E-state index in [2.05, 4.69) is 5.10 Å². The number of aromatic carboxylic acids is 1. The molecule has 1 N–H and O–H groups in total. The molecule has 0 bridgehead atoms. The van der Waals surface area contributed by atoms with Gasteiger partial charge in [0, 0.05) is 16.8 Å². The Labute approximate surface area is 126 Å². The Kier molecular flexibility index (Phi) is 4.77. The van der Waals surface area contributed by atoms with Gasteiger partial charge in [0.2, 0.25) is 0 Å². The summed E-state index contributed by atoms with van der Waals surface area (Å²) in [6.45, 7) is 3.94. The van der Waals surface area contributed by atoms with E-state index in [4.69, 9.17) is 0 Å². The van der Waals surface area contributed by atoms with Crippen LogP contribution in [0.2, 0.25) is 0 Å². The van der Waals surface area contributed by atoms with Gasteiger partial charge in [-0.05, 0) is 30.9 Å². The minimum absolute atomic E-state index is 0.378. The topological polar surface area (TPSA) is 55.1 Å². The third-order valence-electron chi connectivity index (χ3n) is 2.68. The van der Waals surface area contributed by atoms with Gasteiger partial charge in [-0.3, -0.25) is 4.68 Å². The lowest BCUT2D eigenvalue weighted by Crippen LogP contribution is -2.02. The summed E-state index contributed by atoms with van der Waals surface area (Å²) in [5.41, 5.74) is 1.30. The van der Waals surface area contributed by atoms with Crippen molar-refractivity contribution in [1.29, 1.82) is 0 Å². The molecule has 1 heterocycles. The highest BCUT2D eigenvalue weighted by atomic mass is 32.2. The molecule has 0 aliphatic rings. The van der Waals surface area contributed by atoms with E-state index in [-0.39, 0.29) is 0 Å². The van der Waals surface area contributed by atoms with Crippen LogP contribution in [0.15, 0.2) is 39.1 Å². The smallest absolute Gasteiger partial charge is 0.337 e. The number of carboxylic acid groups (broad SMARTS) is 1. The maximum atomic E-state index is 11.5. The molecular formula is C14H16N2O2S2. The highest BCUT2D eigenvalue weighted by molar-refractivity contribution is 8.00. The van der Waals surface area contributed by atoms with Crippen molar-refractivity contribution in [2.24, 2.45) is 7.05 Å². The fraction of sp³-hybridized carbons (Fsp3) is 0.286. The van der Waals surface area contributed by atoms with Gasteiger partial charge in [0.15, 0.2) is 0 Å². The summed E-state index contributed by atoms with van der Waals surface area (Å²) < 4.78 is 1.77. The van der Waals surface area contributed by atoms with Crippen LogP contribution >= 0.6 is 23.5 Å². The van der Waals surface area contributed by atoms with Gasteiger partial charge in [0.05, 0.1) is 16.3 Å². The van der Waals surface area contributed by atoms with Crippen molar-refractivity contribution in [2.75, 3.05) is 5.75 Å². The second-order valence-corrected chi connectivity index (χ2v) is 6.59. The molecule has 0 fully saturated rings. The number of hydrogen-bond donors (Lipinski definition) is 1. The molecule has 1 aromatic carbocycles. The molecule has 0 amide bonds. The molecule has 0 radical (unpaired) electrons. The normalized spacial score (nSPS) is 10.8. The molecule has 6 heteroatoms. The first kappa shape index (κ1) is 15.0. The minimum Gasteiger partial charge on any atom is -0.478 e. The fourth-order valence-corrected chi connectivity index (χ4v) is 3.84. The van der Waals surface area contributed by atoms with Crippen LogP contribution < -0.4 is 0 Å². The number of aromatic nitrogens is 2. The molecule has 0 saturated carbocycles. The van der Waals surface area contributed by atoms with Crippen LogP contribution in [0.5, 0.6) is 0 Å². The predicted molar refractivity (Wildman–Crippen MR) is 81.9 cm³/mol. The number of carbonyl (C=O) groups is 1. The standard InChI is InChI=1S/C14H16N2O2S2/c1-4-19-10-6-5-7-11(13(10)14(17)18)20-12-8-9(2)15-16(12)3/h5-8H,4H2,1-3H3,(H,17,18). The number of nitrogens with zero attached hydrogens (tertiary/aromatic N) is 2. The van der Waals surface area contributed by atoms with Crippen LogP contribution in [0, 0.1) is 6.92 Å². The van der Waals surface area contributed by atoms with Gasteiger partial charge < -0.3 is 5.11 Å². The molecular weight excluding hydrogens is 292 g/mol. The van der Waals surface area contributed by atoms with Crippen molar-refractivity contribution < 1.29 is 9.90 Å². The summed E-state index contributed by atoms with van der Waals surface area (Å²) >= 11 is 2.98. The number of benzene rings is 1. The van der Waals surface area contributed by atoms with Gasteiger partial charge in [-0.1, -0.05) is 24.8 Å². The Morgan fingerprint density at radius 2 is 2.10 bits per heavy atom. The highest BCUT2D eigenvalue weighted by Gasteiger charge is 2.17. The number of aryl methyl sites for hydroxylation is 2. The molecule has 2 rings (SSSR count). The monoisotopic (exact) mass is 308 g/mol. The van der Waals surface area contributed by atoms with E-state index in [1.807, 2.05) is 45.2 Å².